The molecule has 2 heterocycles. The van der Waals surface area contributed by atoms with Gasteiger partial charge in [0.15, 0.2) is 0 Å². The molecule has 0 saturated carbocycles. The molecule has 0 fully saturated rings. The van der Waals surface area contributed by atoms with Crippen LogP contribution in [-0.4, -0.2) is 4.57 Å². The Morgan fingerprint density at radius 3 is 1.56 bits per heavy atom. The fourth-order valence-electron chi connectivity index (χ4n) is 6.21. The number of anilines is 6. The SMILES string of the molecule is N#Cc1ccc2c(c1)c1cccc3c1n2-c1ccccc1N(c1ccccc1)c1ccccc1N3c1ccccc1. The van der Waals surface area contributed by atoms with Gasteiger partial charge in [-0.25, -0.2) is 0 Å². The molecule has 0 atom stereocenters. The van der Waals surface area contributed by atoms with Crippen LogP contribution in [0.15, 0.2) is 146 Å². The Hall–Kier alpha value is -5.79. The summed E-state index contributed by atoms with van der Waals surface area (Å²) in [6.45, 7) is 0. The molecule has 1 aromatic heterocycles. The van der Waals surface area contributed by atoms with Gasteiger partial charge < -0.3 is 14.4 Å². The van der Waals surface area contributed by atoms with Gasteiger partial charge in [0.1, 0.15) is 0 Å². The largest absolute Gasteiger partial charge is 0.306 e. The maximum atomic E-state index is 9.77. The van der Waals surface area contributed by atoms with Crippen molar-refractivity contribution in [2.75, 3.05) is 9.80 Å². The van der Waals surface area contributed by atoms with Crippen LogP contribution in [0.2, 0.25) is 0 Å². The Kier molecular flexibility index (Phi) is 5.16. The standard InChI is InChI=1S/C37H24N4/c38-25-26-22-23-31-30(24-26)29-16-11-21-36-37(29)41(31)35-20-10-9-19-34(35)39(27-12-3-1-4-13-27)32-17-7-8-18-33(32)40(36)28-14-5-2-6-15-28/h1-24H. The molecule has 0 N–H and O–H groups in total. The van der Waals surface area contributed by atoms with Crippen molar-refractivity contribution >= 4 is 55.9 Å². The monoisotopic (exact) mass is 524 g/mol. The molecule has 0 saturated heterocycles. The van der Waals surface area contributed by atoms with Gasteiger partial charge in [0.05, 0.1) is 51.1 Å². The van der Waals surface area contributed by atoms with Crippen LogP contribution in [0.25, 0.3) is 27.5 Å². The molecule has 192 valence electrons. The third-order valence-corrected chi connectivity index (χ3v) is 7.89. The van der Waals surface area contributed by atoms with Gasteiger partial charge >= 0.3 is 0 Å². The molecular formula is C37H24N4. The van der Waals surface area contributed by atoms with E-state index in [1.807, 2.05) is 12.1 Å². The number of fused-ring (bicyclic) bond motifs is 6. The Morgan fingerprint density at radius 2 is 0.951 bits per heavy atom. The first-order valence-corrected chi connectivity index (χ1v) is 13.7. The minimum atomic E-state index is 0.651. The summed E-state index contributed by atoms with van der Waals surface area (Å²) in [5.74, 6) is 0. The Balaban J connectivity index is 1.62. The first-order valence-electron chi connectivity index (χ1n) is 13.7. The van der Waals surface area contributed by atoms with Gasteiger partial charge in [-0.1, -0.05) is 72.8 Å². The number of hydrogen-bond donors (Lipinski definition) is 0. The van der Waals surface area contributed by atoms with Crippen LogP contribution in [0, 0.1) is 11.3 Å². The highest BCUT2D eigenvalue weighted by Gasteiger charge is 2.29. The molecule has 0 aliphatic carbocycles. The molecule has 0 spiro atoms. The maximum Gasteiger partial charge on any atom is 0.0991 e. The van der Waals surface area contributed by atoms with Gasteiger partial charge in [-0.05, 0) is 72.8 Å². The summed E-state index contributed by atoms with van der Waals surface area (Å²) in [7, 11) is 0. The predicted octanol–water partition coefficient (Wildman–Crippen LogP) is 9.91. The summed E-state index contributed by atoms with van der Waals surface area (Å²) in [6.07, 6.45) is 0. The number of para-hydroxylation sites is 7. The van der Waals surface area contributed by atoms with Crippen molar-refractivity contribution in [2.24, 2.45) is 0 Å². The highest BCUT2D eigenvalue weighted by atomic mass is 15.2. The highest BCUT2D eigenvalue weighted by molar-refractivity contribution is 6.16. The van der Waals surface area contributed by atoms with Gasteiger partial charge in [-0.3, -0.25) is 0 Å². The van der Waals surface area contributed by atoms with E-state index in [0.717, 1.165) is 61.6 Å². The third kappa shape index (κ3) is 3.46. The molecule has 8 rings (SSSR count). The predicted molar refractivity (Wildman–Crippen MR) is 168 cm³/mol. The summed E-state index contributed by atoms with van der Waals surface area (Å²) in [5, 5.41) is 11.9. The molecule has 41 heavy (non-hydrogen) atoms. The van der Waals surface area contributed by atoms with Gasteiger partial charge in [0.25, 0.3) is 0 Å². The van der Waals surface area contributed by atoms with Crippen molar-refractivity contribution in [1.82, 2.24) is 4.57 Å². The summed E-state index contributed by atoms with van der Waals surface area (Å²) < 4.78 is 2.37. The first kappa shape index (κ1) is 23.1. The molecule has 7 aromatic rings. The van der Waals surface area contributed by atoms with E-state index in [9.17, 15) is 5.26 Å². The van der Waals surface area contributed by atoms with Crippen LogP contribution >= 0.6 is 0 Å². The minimum Gasteiger partial charge on any atom is -0.306 e. The van der Waals surface area contributed by atoms with Gasteiger partial charge in [0.2, 0.25) is 0 Å². The van der Waals surface area contributed by atoms with Crippen molar-refractivity contribution in [3.63, 3.8) is 0 Å². The lowest BCUT2D eigenvalue weighted by Gasteiger charge is -2.32. The summed E-state index contributed by atoms with van der Waals surface area (Å²) in [4.78, 5) is 4.72. The number of benzene rings is 6. The Morgan fingerprint density at radius 1 is 0.439 bits per heavy atom. The van der Waals surface area contributed by atoms with E-state index in [1.165, 1.54) is 0 Å². The average molecular weight is 525 g/mol. The number of hydrogen-bond acceptors (Lipinski definition) is 3. The average Bonchev–Trinajstić information content (AvgIpc) is 3.39. The van der Waals surface area contributed by atoms with E-state index in [2.05, 4.69) is 154 Å². The Bertz CT molecular complexity index is 2120. The normalized spacial score (nSPS) is 12.3. The Labute approximate surface area is 238 Å². The van der Waals surface area contributed by atoms with Crippen molar-refractivity contribution < 1.29 is 0 Å². The number of rotatable bonds is 2. The number of nitriles is 1. The zero-order valence-electron chi connectivity index (χ0n) is 22.1. The lowest BCUT2D eigenvalue weighted by molar-refractivity contribution is 1.15. The van der Waals surface area contributed by atoms with Gasteiger partial charge in [-0.15, -0.1) is 0 Å². The lowest BCUT2D eigenvalue weighted by atomic mass is 10.1. The lowest BCUT2D eigenvalue weighted by Crippen LogP contribution is -2.16. The van der Waals surface area contributed by atoms with E-state index in [0.29, 0.717) is 5.56 Å². The minimum absolute atomic E-state index is 0.651. The first-order chi connectivity index (χ1) is 20.3. The van der Waals surface area contributed by atoms with Gasteiger partial charge in [0, 0.05) is 22.1 Å². The maximum absolute atomic E-state index is 9.77. The zero-order chi connectivity index (χ0) is 27.3. The molecular weight excluding hydrogens is 500 g/mol. The third-order valence-electron chi connectivity index (χ3n) is 7.89. The van der Waals surface area contributed by atoms with Crippen molar-refractivity contribution in [1.29, 1.82) is 5.26 Å². The quantitative estimate of drug-likeness (QED) is 0.226. The molecule has 4 nitrogen and oxygen atoms in total. The van der Waals surface area contributed by atoms with Crippen LogP contribution in [0.4, 0.5) is 34.1 Å². The van der Waals surface area contributed by atoms with Crippen LogP contribution < -0.4 is 9.80 Å². The van der Waals surface area contributed by atoms with E-state index in [1.54, 1.807) is 0 Å². The second-order valence-corrected chi connectivity index (χ2v) is 10.2. The second-order valence-electron chi connectivity index (χ2n) is 10.2. The second kappa shape index (κ2) is 9.15. The molecule has 0 radical (unpaired) electrons. The molecule has 1 aliphatic heterocycles. The summed E-state index contributed by atoms with van der Waals surface area (Å²) in [6, 6.07) is 53.2. The number of nitrogens with zero attached hydrogens (tertiary/aromatic N) is 4. The molecule has 0 amide bonds. The van der Waals surface area contributed by atoms with Crippen molar-refractivity contribution in [2.45, 2.75) is 0 Å². The van der Waals surface area contributed by atoms with Crippen molar-refractivity contribution in [3.05, 3.63) is 151 Å². The van der Waals surface area contributed by atoms with Crippen LogP contribution in [-0.2, 0) is 0 Å². The van der Waals surface area contributed by atoms with E-state index >= 15 is 0 Å². The number of aromatic nitrogens is 1. The molecule has 6 aromatic carbocycles. The summed E-state index contributed by atoms with van der Waals surface area (Å²) >= 11 is 0. The van der Waals surface area contributed by atoms with E-state index < -0.39 is 0 Å². The zero-order valence-corrected chi connectivity index (χ0v) is 22.1. The molecule has 0 unspecified atom stereocenters. The van der Waals surface area contributed by atoms with Crippen LogP contribution in [0.5, 0.6) is 0 Å². The molecule has 4 heteroatoms. The highest BCUT2D eigenvalue weighted by Crippen LogP contribution is 2.51. The molecule has 0 bridgehead atoms. The van der Waals surface area contributed by atoms with Crippen molar-refractivity contribution in [3.8, 4) is 11.8 Å². The van der Waals surface area contributed by atoms with Crippen LogP contribution in [0.3, 0.4) is 0 Å². The topological polar surface area (TPSA) is 35.2 Å². The van der Waals surface area contributed by atoms with E-state index in [4.69, 9.17) is 0 Å². The summed E-state index contributed by atoms with van der Waals surface area (Å²) in [5.41, 5.74) is 10.3. The van der Waals surface area contributed by atoms with Gasteiger partial charge in [-0.2, -0.15) is 5.26 Å². The van der Waals surface area contributed by atoms with E-state index in [-0.39, 0.29) is 0 Å². The molecule has 1 aliphatic rings. The van der Waals surface area contributed by atoms with Crippen LogP contribution in [0.1, 0.15) is 5.56 Å². The fraction of sp³-hybridized carbons (Fsp3) is 0. The smallest absolute Gasteiger partial charge is 0.0991 e. The fourth-order valence-corrected chi connectivity index (χ4v) is 6.21.